The lowest BCUT2D eigenvalue weighted by molar-refractivity contribution is 0.0786. The third kappa shape index (κ3) is 3.27. The largest absolute Gasteiger partial charge is 0.399 e. The fourth-order valence-electron chi connectivity index (χ4n) is 1.76. The summed E-state index contributed by atoms with van der Waals surface area (Å²) in [5.74, 6) is -0.111. The molecule has 1 aromatic carbocycles. The SMILES string of the molecule is CN(Cc1csc(Br)c1)C(=O)c1ccc(N)cc1N. The van der Waals surface area contributed by atoms with E-state index in [0.717, 1.165) is 9.35 Å². The predicted octanol–water partition coefficient (Wildman–Crippen LogP) is 2.95. The number of nitrogens with two attached hydrogens (primary N) is 2. The van der Waals surface area contributed by atoms with Crippen molar-refractivity contribution in [1.82, 2.24) is 4.90 Å². The van der Waals surface area contributed by atoms with Crippen LogP contribution in [0.1, 0.15) is 15.9 Å². The van der Waals surface area contributed by atoms with Crippen LogP contribution >= 0.6 is 27.3 Å². The van der Waals surface area contributed by atoms with Crippen molar-refractivity contribution in [1.29, 1.82) is 0 Å². The number of nitrogen functional groups attached to an aromatic ring is 2. The Kier molecular flexibility index (Phi) is 4.11. The second-order valence-corrected chi connectivity index (χ2v) is 6.56. The van der Waals surface area contributed by atoms with Gasteiger partial charge in [-0.15, -0.1) is 11.3 Å². The van der Waals surface area contributed by atoms with Gasteiger partial charge in [0.25, 0.3) is 5.91 Å². The molecular weight excluding hydrogens is 326 g/mol. The predicted molar refractivity (Wildman–Crippen MR) is 83.1 cm³/mol. The van der Waals surface area contributed by atoms with E-state index in [4.69, 9.17) is 11.5 Å². The Morgan fingerprint density at radius 1 is 1.37 bits per heavy atom. The molecule has 6 heteroatoms. The molecule has 0 atom stereocenters. The molecule has 0 aliphatic carbocycles. The van der Waals surface area contributed by atoms with Crippen molar-refractivity contribution in [2.75, 3.05) is 18.5 Å². The van der Waals surface area contributed by atoms with Crippen molar-refractivity contribution in [2.45, 2.75) is 6.54 Å². The van der Waals surface area contributed by atoms with Gasteiger partial charge in [0, 0.05) is 25.0 Å². The molecule has 2 aromatic rings. The number of amides is 1. The number of halogens is 1. The first-order valence-corrected chi connectivity index (χ1v) is 7.28. The van der Waals surface area contributed by atoms with E-state index in [0.29, 0.717) is 23.5 Å². The summed E-state index contributed by atoms with van der Waals surface area (Å²) in [6.45, 7) is 0.546. The van der Waals surface area contributed by atoms with E-state index in [-0.39, 0.29) is 5.91 Å². The number of carbonyl (C=O) groups is 1. The number of thiophene rings is 1. The van der Waals surface area contributed by atoms with E-state index < -0.39 is 0 Å². The van der Waals surface area contributed by atoms with E-state index in [9.17, 15) is 4.79 Å². The molecule has 0 saturated carbocycles. The van der Waals surface area contributed by atoms with Gasteiger partial charge >= 0.3 is 0 Å². The highest BCUT2D eigenvalue weighted by Crippen LogP contribution is 2.23. The third-order valence-electron chi connectivity index (χ3n) is 2.69. The average Bonchev–Trinajstić information content (AvgIpc) is 2.74. The van der Waals surface area contributed by atoms with Crippen molar-refractivity contribution in [3.05, 3.63) is 44.6 Å². The first-order valence-electron chi connectivity index (χ1n) is 5.60. The Morgan fingerprint density at radius 3 is 2.68 bits per heavy atom. The molecule has 19 heavy (non-hydrogen) atoms. The van der Waals surface area contributed by atoms with Crippen molar-refractivity contribution in [3.8, 4) is 0 Å². The van der Waals surface area contributed by atoms with Crippen LogP contribution in [0.4, 0.5) is 11.4 Å². The fourth-order valence-corrected chi connectivity index (χ4v) is 2.96. The highest BCUT2D eigenvalue weighted by Gasteiger charge is 2.15. The Hall–Kier alpha value is -1.53. The third-order valence-corrected chi connectivity index (χ3v) is 4.25. The highest BCUT2D eigenvalue weighted by molar-refractivity contribution is 9.11. The standard InChI is InChI=1S/C13H14BrN3OS/c1-17(6-8-4-12(14)19-7-8)13(18)10-3-2-9(15)5-11(10)16/h2-5,7H,6,15-16H2,1H3. The van der Waals surface area contributed by atoms with Crippen LogP contribution in [0.25, 0.3) is 0 Å². The van der Waals surface area contributed by atoms with Crippen LogP contribution in [0.15, 0.2) is 33.4 Å². The van der Waals surface area contributed by atoms with Gasteiger partial charge in [-0.05, 0) is 51.1 Å². The summed E-state index contributed by atoms with van der Waals surface area (Å²) in [5, 5.41) is 2.01. The summed E-state index contributed by atoms with van der Waals surface area (Å²) in [6.07, 6.45) is 0. The Morgan fingerprint density at radius 2 is 2.11 bits per heavy atom. The Balaban J connectivity index is 2.14. The number of carbonyl (C=O) groups excluding carboxylic acids is 1. The van der Waals surface area contributed by atoms with E-state index >= 15 is 0 Å². The number of rotatable bonds is 3. The van der Waals surface area contributed by atoms with Crippen LogP contribution in [0, 0.1) is 0 Å². The second kappa shape index (κ2) is 5.63. The number of hydrogen-bond acceptors (Lipinski definition) is 4. The van der Waals surface area contributed by atoms with E-state index in [2.05, 4.69) is 15.9 Å². The smallest absolute Gasteiger partial charge is 0.255 e. The normalized spacial score (nSPS) is 10.4. The maximum Gasteiger partial charge on any atom is 0.255 e. The van der Waals surface area contributed by atoms with Crippen LogP contribution in [0.5, 0.6) is 0 Å². The van der Waals surface area contributed by atoms with Crippen LogP contribution in [-0.4, -0.2) is 17.9 Å². The molecule has 0 fully saturated rings. The van der Waals surface area contributed by atoms with E-state index in [1.54, 1.807) is 41.5 Å². The number of hydrogen-bond donors (Lipinski definition) is 2. The minimum Gasteiger partial charge on any atom is -0.399 e. The van der Waals surface area contributed by atoms with Gasteiger partial charge in [0.1, 0.15) is 0 Å². The molecule has 0 unspecified atom stereocenters. The molecule has 0 aliphatic rings. The molecule has 0 bridgehead atoms. The molecule has 0 saturated heterocycles. The van der Waals surface area contributed by atoms with Gasteiger partial charge in [0.2, 0.25) is 0 Å². The summed E-state index contributed by atoms with van der Waals surface area (Å²) >= 11 is 5.00. The van der Waals surface area contributed by atoms with E-state index in [1.807, 2.05) is 11.4 Å². The topological polar surface area (TPSA) is 72.3 Å². The lowest BCUT2D eigenvalue weighted by Gasteiger charge is -2.17. The van der Waals surface area contributed by atoms with Crippen LogP contribution < -0.4 is 11.5 Å². The highest BCUT2D eigenvalue weighted by atomic mass is 79.9. The number of anilines is 2. The zero-order chi connectivity index (χ0) is 14.0. The molecular formula is C13H14BrN3OS. The Labute approximate surface area is 124 Å². The summed E-state index contributed by atoms with van der Waals surface area (Å²) < 4.78 is 1.05. The summed E-state index contributed by atoms with van der Waals surface area (Å²) in [6, 6.07) is 6.94. The van der Waals surface area contributed by atoms with Gasteiger partial charge in [-0.3, -0.25) is 4.79 Å². The zero-order valence-corrected chi connectivity index (χ0v) is 12.8. The molecule has 4 nitrogen and oxygen atoms in total. The van der Waals surface area contributed by atoms with Gasteiger partial charge in [-0.25, -0.2) is 0 Å². The molecule has 0 aliphatic heterocycles. The van der Waals surface area contributed by atoms with Crippen molar-refractivity contribution < 1.29 is 4.79 Å². The molecule has 100 valence electrons. The first kappa shape index (κ1) is 13.9. The van der Waals surface area contributed by atoms with Crippen LogP contribution in [0.2, 0.25) is 0 Å². The van der Waals surface area contributed by atoms with Crippen LogP contribution in [-0.2, 0) is 6.54 Å². The maximum atomic E-state index is 12.3. The molecule has 1 heterocycles. The van der Waals surface area contributed by atoms with Crippen molar-refractivity contribution in [3.63, 3.8) is 0 Å². The summed E-state index contributed by atoms with van der Waals surface area (Å²) in [7, 11) is 1.75. The lowest BCUT2D eigenvalue weighted by atomic mass is 10.1. The minimum absolute atomic E-state index is 0.111. The number of nitrogens with zero attached hydrogens (tertiary/aromatic N) is 1. The second-order valence-electron chi connectivity index (χ2n) is 4.27. The minimum atomic E-state index is -0.111. The Bertz CT molecular complexity index is 612. The zero-order valence-electron chi connectivity index (χ0n) is 10.4. The number of benzene rings is 1. The van der Waals surface area contributed by atoms with Crippen molar-refractivity contribution in [2.24, 2.45) is 0 Å². The van der Waals surface area contributed by atoms with Gasteiger partial charge in [0.05, 0.1) is 9.35 Å². The average molecular weight is 340 g/mol. The molecule has 2 rings (SSSR count). The molecule has 1 amide bonds. The van der Waals surface area contributed by atoms with Crippen molar-refractivity contribution >= 4 is 44.5 Å². The molecule has 1 aromatic heterocycles. The van der Waals surface area contributed by atoms with Gasteiger partial charge in [0.15, 0.2) is 0 Å². The molecule has 4 N–H and O–H groups in total. The summed E-state index contributed by atoms with van der Waals surface area (Å²) in [5.41, 5.74) is 14.0. The van der Waals surface area contributed by atoms with Gasteiger partial charge in [-0.2, -0.15) is 0 Å². The monoisotopic (exact) mass is 339 g/mol. The molecule has 0 radical (unpaired) electrons. The fraction of sp³-hybridized carbons (Fsp3) is 0.154. The lowest BCUT2D eigenvalue weighted by Crippen LogP contribution is -2.26. The quantitative estimate of drug-likeness (QED) is 0.844. The van der Waals surface area contributed by atoms with Gasteiger partial charge < -0.3 is 16.4 Å². The first-order chi connectivity index (χ1) is 8.97. The maximum absolute atomic E-state index is 12.3. The molecule has 0 spiro atoms. The van der Waals surface area contributed by atoms with Crippen LogP contribution in [0.3, 0.4) is 0 Å². The van der Waals surface area contributed by atoms with Gasteiger partial charge in [-0.1, -0.05) is 0 Å². The summed E-state index contributed by atoms with van der Waals surface area (Å²) in [4.78, 5) is 13.9. The van der Waals surface area contributed by atoms with E-state index in [1.165, 1.54) is 0 Å².